The molecule has 5 rings (SSSR count). The summed E-state index contributed by atoms with van der Waals surface area (Å²) >= 11 is 0. The maximum absolute atomic E-state index is 15.6. The lowest BCUT2D eigenvalue weighted by molar-refractivity contribution is -0.198. The van der Waals surface area contributed by atoms with Crippen LogP contribution in [-0.2, 0) is 17.9 Å². The Balaban J connectivity index is 1.62. The molecule has 10 heteroatoms. The molecule has 1 aliphatic carbocycles. The Labute approximate surface area is 161 Å². The standard InChI is InChI=1S/C19H13F3N6O/c20-11-1-3-15-13(7-11)14-10-24-27-16(14)8-18(15,29)19(21,22)17-4-2-12(9-23-17)28-25-5-6-26-28/h1-7,9-10,29H,8H2,(H,24,27). The van der Waals surface area contributed by atoms with Gasteiger partial charge in [-0.05, 0) is 35.4 Å². The van der Waals surface area contributed by atoms with E-state index in [9.17, 15) is 9.50 Å². The Morgan fingerprint density at radius 2 is 1.90 bits per heavy atom. The van der Waals surface area contributed by atoms with Crippen LogP contribution in [0.3, 0.4) is 0 Å². The van der Waals surface area contributed by atoms with Gasteiger partial charge in [-0.2, -0.15) is 28.9 Å². The minimum atomic E-state index is -3.79. The molecule has 1 aromatic carbocycles. The first kappa shape index (κ1) is 17.6. The van der Waals surface area contributed by atoms with E-state index in [1.54, 1.807) is 0 Å². The van der Waals surface area contributed by atoms with Crippen LogP contribution in [0.15, 0.2) is 55.1 Å². The van der Waals surface area contributed by atoms with Crippen LogP contribution in [0.25, 0.3) is 16.8 Å². The molecule has 0 aliphatic heterocycles. The minimum Gasteiger partial charge on any atom is -0.378 e. The van der Waals surface area contributed by atoms with Crippen molar-refractivity contribution in [2.75, 3.05) is 0 Å². The largest absolute Gasteiger partial charge is 0.378 e. The van der Waals surface area contributed by atoms with Gasteiger partial charge in [-0.1, -0.05) is 6.07 Å². The van der Waals surface area contributed by atoms with E-state index in [1.165, 1.54) is 41.7 Å². The van der Waals surface area contributed by atoms with E-state index < -0.39 is 29.5 Å². The molecule has 1 aliphatic rings. The van der Waals surface area contributed by atoms with E-state index in [2.05, 4.69) is 25.4 Å². The van der Waals surface area contributed by atoms with Crippen LogP contribution in [-0.4, -0.2) is 35.3 Å². The zero-order chi connectivity index (χ0) is 20.2. The fraction of sp³-hybridized carbons (Fsp3) is 0.158. The summed E-state index contributed by atoms with van der Waals surface area (Å²) < 4.78 is 45.0. The highest BCUT2D eigenvalue weighted by molar-refractivity contribution is 5.73. The molecule has 7 nitrogen and oxygen atoms in total. The van der Waals surface area contributed by atoms with Crippen LogP contribution >= 0.6 is 0 Å². The number of pyridine rings is 1. The van der Waals surface area contributed by atoms with Crippen molar-refractivity contribution >= 4 is 0 Å². The predicted octanol–water partition coefficient (Wildman–Crippen LogP) is 2.73. The fourth-order valence-corrected chi connectivity index (χ4v) is 3.65. The lowest BCUT2D eigenvalue weighted by Crippen LogP contribution is -2.47. The summed E-state index contributed by atoms with van der Waals surface area (Å²) in [6.07, 6.45) is 5.13. The first-order valence-corrected chi connectivity index (χ1v) is 8.66. The highest BCUT2D eigenvalue weighted by Gasteiger charge is 2.59. The second kappa shape index (κ2) is 5.98. The van der Waals surface area contributed by atoms with Crippen molar-refractivity contribution in [3.8, 4) is 16.8 Å². The van der Waals surface area contributed by atoms with Crippen LogP contribution in [0.4, 0.5) is 13.2 Å². The third-order valence-electron chi connectivity index (χ3n) is 5.10. The average molecular weight is 398 g/mol. The number of hydrogen-bond acceptors (Lipinski definition) is 5. The van der Waals surface area contributed by atoms with Gasteiger partial charge >= 0.3 is 5.92 Å². The Morgan fingerprint density at radius 1 is 1.10 bits per heavy atom. The maximum atomic E-state index is 15.6. The van der Waals surface area contributed by atoms with Crippen molar-refractivity contribution in [2.45, 2.75) is 17.9 Å². The number of alkyl halides is 2. The SMILES string of the molecule is OC1(C(F)(F)c2ccc(-n3nccn3)cn2)Cc2n[nH]cc2-c2cc(F)ccc21. The van der Waals surface area contributed by atoms with E-state index in [-0.39, 0.29) is 16.8 Å². The first-order valence-electron chi connectivity index (χ1n) is 8.66. The second-order valence-electron chi connectivity index (χ2n) is 6.77. The second-order valence-corrected chi connectivity index (χ2v) is 6.77. The van der Waals surface area contributed by atoms with E-state index in [0.717, 1.165) is 18.2 Å². The van der Waals surface area contributed by atoms with E-state index in [0.29, 0.717) is 11.3 Å². The molecular weight excluding hydrogens is 385 g/mol. The van der Waals surface area contributed by atoms with Gasteiger partial charge in [-0.3, -0.25) is 10.1 Å². The van der Waals surface area contributed by atoms with Gasteiger partial charge < -0.3 is 5.11 Å². The Morgan fingerprint density at radius 3 is 2.62 bits per heavy atom. The third-order valence-corrected chi connectivity index (χ3v) is 5.10. The summed E-state index contributed by atoms with van der Waals surface area (Å²) in [7, 11) is 0. The quantitative estimate of drug-likeness (QED) is 0.554. The Hall–Kier alpha value is -3.53. The number of hydrogen-bond donors (Lipinski definition) is 2. The van der Waals surface area contributed by atoms with Gasteiger partial charge in [0, 0.05) is 18.2 Å². The van der Waals surface area contributed by atoms with E-state index in [4.69, 9.17) is 0 Å². The number of aliphatic hydroxyl groups is 1. The van der Waals surface area contributed by atoms with Crippen molar-refractivity contribution in [3.05, 3.63) is 77.9 Å². The van der Waals surface area contributed by atoms with Crippen LogP contribution < -0.4 is 0 Å². The molecule has 0 fully saturated rings. The van der Waals surface area contributed by atoms with Crippen molar-refractivity contribution in [1.29, 1.82) is 0 Å². The smallest absolute Gasteiger partial charge is 0.322 e. The van der Waals surface area contributed by atoms with Gasteiger partial charge in [0.15, 0.2) is 5.60 Å². The van der Waals surface area contributed by atoms with E-state index in [1.807, 2.05) is 0 Å². The number of benzene rings is 1. The molecule has 0 saturated heterocycles. The molecule has 3 heterocycles. The highest BCUT2D eigenvalue weighted by atomic mass is 19.3. The molecule has 2 N–H and O–H groups in total. The minimum absolute atomic E-state index is 0.0857. The molecule has 0 spiro atoms. The molecule has 29 heavy (non-hydrogen) atoms. The zero-order valence-electron chi connectivity index (χ0n) is 14.7. The third kappa shape index (κ3) is 2.49. The van der Waals surface area contributed by atoms with Crippen molar-refractivity contribution in [1.82, 2.24) is 30.2 Å². The lowest BCUT2D eigenvalue weighted by Gasteiger charge is -2.39. The van der Waals surface area contributed by atoms with Crippen molar-refractivity contribution in [3.63, 3.8) is 0 Å². The number of aromatic amines is 1. The molecule has 0 radical (unpaired) electrons. The number of nitrogens with zero attached hydrogens (tertiary/aromatic N) is 5. The summed E-state index contributed by atoms with van der Waals surface area (Å²) in [5.41, 5.74) is -2.11. The number of H-pyrrole nitrogens is 1. The number of aromatic nitrogens is 6. The van der Waals surface area contributed by atoms with Crippen LogP contribution in [0, 0.1) is 5.82 Å². The van der Waals surface area contributed by atoms with Gasteiger partial charge in [-0.25, -0.2) is 4.39 Å². The Bertz CT molecular complexity index is 1190. The van der Waals surface area contributed by atoms with E-state index >= 15 is 8.78 Å². The first-order chi connectivity index (χ1) is 13.9. The molecule has 0 amide bonds. The molecular formula is C19H13F3N6O. The number of nitrogens with one attached hydrogen (secondary N) is 1. The van der Waals surface area contributed by atoms with Gasteiger partial charge in [0.25, 0.3) is 0 Å². The van der Waals surface area contributed by atoms with Gasteiger partial charge in [-0.15, -0.1) is 0 Å². The average Bonchev–Trinajstić information content (AvgIpc) is 3.40. The summed E-state index contributed by atoms with van der Waals surface area (Å²) in [6.45, 7) is 0. The fourth-order valence-electron chi connectivity index (χ4n) is 3.65. The van der Waals surface area contributed by atoms with Crippen molar-refractivity contribution in [2.24, 2.45) is 0 Å². The van der Waals surface area contributed by atoms with Gasteiger partial charge in [0.2, 0.25) is 0 Å². The molecule has 0 saturated carbocycles. The summed E-state index contributed by atoms with van der Waals surface area (Å²) in [5, 5.41) is 25.6. The molecule has 4 aromatic rings. The monoisotopic (exact) mass is 398 g/mol. The number of halogens is 3. The van der Waals surface area contributed by atoms with Gasteiger partial charge in [0.05, 0.1) is 24.3 Å². The molecule has 3 aromatic heterocycles. The summed E-state index contributed by atoms with van der Waals surface area (Å²) in [4.78, 5) is 5.08. The van der Waals surface area contributed by atoms with Crippen molar-refractivity contribution < 1.29 is 18.3 Å². The number of fused-ring (bicyclic) bond motifs is 3. The lowest BCUT2D eigenvalue weighted by atomic mass is 9.73. The number of rotatable bonds is 3. The normalized spacial score (nSPS) is 18.3. The summed E-state index contributed by atoms with van der Waals surface area (Å²) in [5.74, 6) is -4.38. The zero-order valence-corrected chi connectivity index (χ0v) is 14.7. The predicted molar refractivity (Wildman–Crippen MR) is 94.6 cm³/mol. The molecule has 1 atom stereocenters. The van der Waals surface area contributed by atoms with Crippen LogP contribution in [0.2, 0.25) is 0 Å². The van der Waals surface area contributed by atoms with Crippen LogP contribution in [0.5, 0.6) is 0 Å². The molecule has 0 bridgehead atoms. The topological polar surface area (TPSA) is 92.5 Å². The Kier molecular flexibility index (Phi) is 3.62. The molecule has 1 unspecified atom stereocenters. The van der Waals surface area contributed by atoms with Crippen LogP contribution in [0.1, 0.15) is 17.0 Å². The highest BCUT2D eigenvalue weighted by Crippen LogP contribution is 2.52. The van der Waals surface area contributed by atoms with Gasteiger partial charge in [0.1, 0.15) is 17.2 Å². The molecule has 146 valence electrons. The maximum Gasteiger partial charge on any atom is 0.322 e. The summed E-state index contributed by atoms with van der Waals surface area (Å²) in [6, 6.07) is 5.83.